The molecule has 5 heteroatoms. The topological polar surface area (TPSA) is 72.2 Å². The first-order valence-electron chi connectivity index (χ1n) is 5.93. The van der Waals surface area contributed by atoms with E-state index in [1.54, 1.807) is 26.1 Å². The Morgan fingerprint density at radius 3 is 2.50 bits per heavy atom. The smallest absolute Gasteiger partial charge is 0.219 e. The van der Waals surface area contributed by atoms with E-state index >= 15 is 0 Å². The molecule has 2 unspecified atom stereocenters. The molecule has 2 atom stereocenters. The lowest BCUT2D eigenvalue weighted by molar-refractivity contribution is -0.483. The van der Waals surface area contributed by atoms with Crippen molar-refractivity contribution in [2.24, 2.45) is 5.92 Å². The summed E-state index contributed by atoms with van der Waals surface area (Å²) in [6.45, 7) is 1.64. The molecule has 0 heterocycles. The zero-order valence-electron chi connectivity index (χ0n) is 10.6. The van der Waals surface area contributed by atoms with Gasteiger partial charge in [-0.3, -0.25) is 14.9 Å². The van der Waals surface area contributed by atoms with Gasteiger partial charge in [-0.1, -0.05) is 37.3 Å². The van der Waals surface area contributed by atoms with Crippen LogP contribution in [-0.4, -0.2) is 30.3 Å². The average molecular weight is 250 g/mol. The Kier molecular flexibility index (Phi) is 5.45. The van der Waals surface area contributed by atoms with Crippen molar-refractivity contribution < 1.29 is 9.72 Å². The molecule has 1 aromatic carbocycles. The number of carbonyl (C=O) groups excluding carboxylic acids is 1. The second-order valence-corrected chi connectivity index (χ2v) is 4.37. The van der Waals surface area contributed by atoms with Crippen LogP contribution in [0.5, 0.6) is 0 Å². The fraction of sp³-hybridized carbons (Fsp3) is 0.462. The summed E-state index contributed by atoms with van der Waals surface area (Å²) in [5.41, 5.74) is 0.654. The highest BCUT2D eigenvalue weighted by molar-refractivity contribution is 5.97. The number of ketones is 1. The van der Waals surface area contributed by atoms with Gasteiger partial charge in [-0.05, 0) is 13.5 Å². The van der Waals surface area contributed by atoms with Crippen LogP contribution in [0.4, 0.5) is 0 Å². The number of rotatable bonds is 7. The van der Waals surface area contributed by atoms with Gasteiger partial charge >= 0.3 is 0 Å². The Morgan fingerprint density at radius 1 is 1.39 bits per heavy atom. The molecule has 0 aliphatic rings. The van der Waals surface area contributed by atoms with Crippen molar-refractivity contribution >= 4 is 5.78 Å². The molecule has 1 N–H and O–H groups in total. The molecule has 1 rings (SSSR count). The highest BCUT2D eigenvalue weighted by Crippen LogP contribution is 2.14. The maximum Gasteiger partial charge on any atom is 0.219 e. The molecule has 0 amide bonds. The normalized spacial score (nSPS) is 13.9. The van der Waals surface area contributed by atoms with Crippen molar-refractivity contribution in [3.05, 3.63) is 46.0 Å². The summed E-state index contributed by atoms with van der Waals surface area (Å²) >= 11 is 0. The van der Waals surface area contributed by atoms with Crippen LogP contribution in [0, 0.1) is 16.0 Å². The van der Waals surface area contributed by atoms with E-state index in [-0.39, 0.29) is 29.2 Å². The highest BCUT2D eigenvalue weighted by Gasteiger charge is 2.22. The first kappa shape index (κ1) is 14.3. The predicted octanol–water partition coefficient (Wildman–Crippen LogP) is 1.76. The van der Waals surface area contributed by atoms with Crippen molar-refractivity contribution in [3.63, 3.8) is 0 Å². The lowest BCUT2D eigenvalue weighted by atomic mass is 9.93. The van der Waals surface area contributed by atoms with Crippen LogP contribution >= 0.6 is 0 Å². The van der Waals surface area contributed by atoms with E-state index in [1.807, 2.05) is 18.2 Å². The third kappa shape index (κ3) is 4.25. The second kappa shape index (κ2) is 6.86. The molecule has 1 aromatic rings. The van der Waals surface area contributed by atoms with Crippen LogP contribution in [0.3, 0.4) is 0 Å². The van der Waals surface area contributed by atoms with E-state index < -0.39 is 0 Å². The molecule has 18 heavy (non-hydrogen) atoms. The predicted molar refractivity (Wildman–Crippen MR) is 69.3 cm³/mol. The van der Waals surface area contributed by atoms with Gasteiger partial charge in [-0.15, -0.1) is 0 Å². The van der Waals surface area contributed by atoms with Gasteiger partial charge < -0.3 is 5.32 Å². The van der Waals surface area contributed by atoms with E-state index in [1.165, 1.54) is 0 Å². The van der Waals surface area contributed by atoms with Crippen molar-refractivity contribution in [2.45, 2.75) is 19.4 Å². The summed E-state index contributed by atoms with van der Waals surface area (Å²) in [6.07, 6.45) is 0.463. The summed E-state index contributed by atoms with van der Waals surface area (Å²) < 4.78 is 0. The molecule has 0 spiro atoms. The standard InChI is InChI=1S/C13H18N2O3/c1-10(8-12(14-2)9-15(17)18)13(16)11-6-4-3-5-7-11/h3-7,10,12,14H,8-9H2,1-2H3. The second-order valence-electron chi connectivity index (χ2n) is 4.37. The van der Waals surface area contributed by atoms with Gasteiger partial charge in [0.25, 0.3) is 0 Å². The third-order valence-electron chi connectivity index (χ3n) is 2.92. The van der Waals surface area contributed by atoms with E-state index in [9.17, 15) is 14.9 Å². The lowest BCUT2D eigenvalue weighted by Crippen LogP contribution is -2.35. The molecular weight excluding hydrogens is 232 g/mol. The minimum atomic E-state index is -0.360. The molecule has 5 nitrogen and oxygen atoms in total. The van der Waals surface area contributed by atoms with Gasteiger partial charge in [0.2, 0.25) is 6.54 Å². The van der Waals surface area contributed by atoms with E-state index in [0.717, 1.165) is 0 Å². The zero-order valence-corrected chi connectivity index (χ0v) is 10.6. The fourth-order valence-electron chi connectivity index (χ4n) is 1.88. The van der Waals surface area contributed by atoms with Gasteiger partial charge in [0.15, 0.2) is 5.78 Å². The van der Waals surface area contributed by atoms with E-state index in [0.29, 0.717) is 12.0 Å². The number of nitro groups is 1. The van der Waals surface area contributed by atoms with Gasteiger partial charge in [0.1, 0.15) is 0 Å². The number of benzene rings is 1. The van der Waals surface area contributed by atoms with Gasteiger partial charge in [0, 0.05) is 16.4 Å². The fourth-order valence-corrected chi connectivity index (χ4v) is 1.88. The van der Waals surface area contributed by atoms with Crippen LogP contribution < -0.4 is 5.32 Å². The summed E-state index contributed by atoms with van der Waals surface area (Å²) in [4.78, 5) is 22.2. The quantitative estimate of drug-likeness (QED) is 0.454. The largest absolute Gasteiger partial charge is 0.311 e. The van der Waals surface area contributed by atoms with Crippen LogP contribution in [0.25, 0.3) is 0 Å². The van der Waals surface area contributed by atoms with Crippen molar-refractivity contribution in [3.8, 4) is 0 Å². The number of nitrogens with zero attached hydrogens (tertiary/aromatic N) is 1. The van der Waals surface area contributed by atoms with Crippen LogP contribution in [0.1, 0.15) is 23.7 Å². The Bertz CT molecular complexity index is 406. The average Bonchev–Trinajstić information content (AvgIpc) is 2.37. The first-order chi connectivity index (χ1) is 8.54. The summed E-state index contributed by atoms with van der Waals surface area (Å²) in [7, 11) is 1.67. The number of likely N-dealkylation sites (N-methyl/N-ethyl adjacent to an activating group) is 1. The Labute approximate surface area is 106 Å². The first-order valence-corrected chi connectivity index (χ1v) is 5.93. The minimum absolute atomic E-state index is 0.0270. The SMILES string of the molecule is CNC(CC(C)C(=O)c1ccccc1)C[N+](=O)[O-]. The number of Topliss-reactive ketones (excluding diaryl/α,β-unsaturated/α-hetero) is 1. The molecule has 0 radical (unpaired) electrons. The zero-order chi connectivity index (χ0) is 13.5. The number of carbonyl (C=O) groups is 1. The van der Waals surface area contributed by atoms with Gasteiger partial charge in [-0.2, -0.15) is 0 Å². The van der Waals surface area contributed by atoms with E-state index in [2.05, 4.69) is 5.32 Å². The summed E-state index contributed by atoms with van der Waals surface area (Å²) in [6, 6.07) is 8.73. The molecule has 0 bridgehead atoms. The highest BCUT2D eigenvalue weighted by atomic mass is 16.6. The third-order valence-corrected chi connectivity index (χ3v) is 2.92. The Balaban J connectivity index is 2.61. The summed E-state index contributed by atoms with van der Waals surface area (Å²) in [5.74, 6) is -0.205. The maximum atomic E-state index is 12.1. The van der Waals surface area contributed by atoms with Crippen LogP contribution in [-0.2, 0) is 0 Å². The van der Waals surface area contributed by atoms with Crippen molar-refractivity contribution in [1.82, 2.24) is 5.32 Å². The molecule has 98 valence electrons. The van der Waals surface area contributed by atoms with E-state index in [4.69, 9.17) is 0 Å². The number of hydrogen-bond acceptors (Lipinski definition) is 4. The van der Waals surface area contributed by atoms with Crippen LogP contribution in [0.15, 0.2) is 30.3 Å². The number of nitrogens with one attached hydrogen (secondary N) is 1. The molecule has 0 aliphatic heterocycles. The molecule has 0 aliphatic carbocycles. The molecule has 0 saturated carbocycles. The van der Waals surface area contributed by atoms with Crippen molar-refractivity contribution in [2.75, 3.05) is 13.6 Å². The molecule has 0 fully saturated rings. The van der Waals surface area contributed by atoms with Crippen LogP contribution in [0.2, 0.25) is 0 Å². The molecule has 0 saturated heterocycles. The monoisotopic (exact) mass is 250 g/mol. The molecule has 0 aromatic heterocycles. The number of hydrogen-bond donors (Lipinski definition) is 1. The Morgan fingerprint density at radius 2 is 2.00 bits per heavy atom. The van der Waals surface area contributed by atoms with Crippen molar-refractivity contribution in [1.29, 1.82) is 0 Å². The lowest BCUT2D eigenvalue weighted by Gasteiger charge is -2.16. The summed E-state index contributed by atoms with van der Waals surface area (Å²) in [5, 5.41) is 13.3. The molecular formula is C13H18N2O3. The maximum absolute atomic E-state index is 12.1. The minimum Gasteiger partial charge on any atom is -0.311 e. The van der Waals surface area contributed by atoms with Gasteiger partial charge in [0.05, 0.1) is 6.04 Å². The Hall–Kier alpha value is -1.75. The van der Waals surface area contributed by atoms with Gasteiger partial charge in [-0.25, -0.2) is 0 Å².